The van der Waals surface area contributed by atoms with Crippen LogP contribution in [0.1, 0.15) is 20.8 Å². The molecule has 3 aromatic carbocycles. The number of para-hydroxylation sites is 2. The first-order valence-corrected chi connectivity index (χ1v) is 12.4. The van der Waals surface area contributed by atoms with Gasteiger partial charge in [0.1, 0.15) is 11.6 Å². The highest BCUT2D eigenvalue weighted by Crippen LogP contribution is 2.26. The highest BCUT2D eigenvalue weighted by molar-refractivity contribution is 7.92. The predicted octanol–water partition coefficient (Wildman–Crippen LogP) is 4.93. The van der Waals surface area contributed by atoms with E-state index in [4.69, 9.17) is 4.74 Å². The number of amides is 1. The third-order valence-corrected chi connectivity index (χ3v) is 7.11. The van der Waals surface area contributed by atoms with Gasteiger partial charge in [0, 0.05) is 23.1 Å². The lowest BCUT2D eigenvalue weighted by molar-refractivity contribution is 0.102. The Morgan fingerprint density at radius 1 is 1.06 bits per heavy atom. The Morgan fingerprint density at radius 3 is 2.56 bits per heavy atom. The number of nitrogens with one attached hydrogen (secondary N) is 2. The molecule has 1 heterocycles. The van der Waals surface area contributed by atoms with E-state index in [9.17, 15) is 17.6 Å². The lowest BCUT2D eigenvalue weighted by Gasteiger charge is -2.12. The average Bonchev–Trinajstić information content (AvgIpc) is 3.25. The van der Waals surface area contributed by atoms with Crippen molar-refractivity contribution in [2.24, 2.45) is 0 Å². The van der Waals surface area contributed by atoms with Gasteiger partial charge in [-0.2, -0.15) is 0 Å². The largest absolute Gasteiger partial charge is 0.495 e. The van der Waals surface area contributed by atoms with Crippen molar-refractivity contribution in [3.05, 3.63) is 101 Å². The summed E-state index contributed by atoms with van der Waals surface area (Å²) in [6, 6.07) is 18.5. The summed E-state index contributed by atoms with van der Waals surface area (Å²) in [6.07, 6.45) is 2.13. The summed E-state index contributed by atoms with van der Waals surface area (Å²) in [6.45, 7) is 0. The van der Waals surface area contributed by atoms with Gasteiger partial charge < -0.3 is 4.74 Å². The number of sulfonamides is 1. The maximum Gasteiger partial charge on any atom is 0.262 e. The quantitative estimate of drug-likeness (QED) is 0.360. The minimum atomic E-state index is -3.88. The highest BCUT2D eigenvalue weighted by Gasteiger charge is 2.17. The molecule has 0 aliphatic rings. The minimum Gasteiger partial charge on any atom is -0.495 e. The molecule has 1 aromatic heterocycles. The van der Waals surface area contributed by atoms with Crippen LogP contribution in [0.4, 0.5) is 15.2 Å². The fraction of sp³-hybridized carbons (Fsp3) is 0.0833. The number of nitrogens with zero attached hydrogens (tertiary/aromatic N) is 1. The van der Waals surface area contributed by atoms with Crippen molar-refractivity contribution in [2.45, 2.75) is 11.3 Å². The van der Waals surface area contributed by atoms with Gasteiger partial charge in [0.2, 0.25) is 0 Å². The molecule has 2 N–H and O–H groups in total. The molecule has 0 radical (unpaired) electrons. The van der Waals surface area contributed by atoms with Crippen molar-refractivity contribution in [2.75, 3.05) is 17.1 Å². The molecule has 0 saturated carbocycles. The third kappa shape index (κ3) is 5.59. The molecule has 0 fully saturated rings. The number of benzene rings is 3. The van der Waals surface area contributed by atoms with Crippen LogP contribution in [0.25, 0.3) is 0 Å². The number of aromatic nitrogens is 1. The zero-order valence-corrected chi connectivity index (χ0v) is 19.6. The summed E-state index contributed by atoms with van der Waals surface area (Å²) in [4.78, 5) is 17.6. The van der Waals surface area contributed by atoms with E-state index in [1.54, 1.807) is 36.5 Å². The fourth-order valence-corrected chi connectivity index (χ4v) is 5.09. The van der Waals surface area contributed by atoms with Gasteiger partial charge in [-0.25, -0.2) is 17.8 Å². The number of methoxy groups -OCH3 is 1. The van der Waals surface area contributed by atoms with E-state index in [0.717, 1.165) is 10.4 Å². The van der Waals surface area contributed by atoms with Crippen LogP contribution in [-0.2, 0) is 16.4 Å². The number of thiazole rings is 1. The van der Waals surface area contributed by atoms with Crippen molar-refractivity contribution in [1.29, 1.82) is 0 Å². The summed E-state index contributed by atoms with van der Waals surface area (Å²) in [5.74, 6) is -0.338. The predicted molar refractivity (Wildman–Crippen MR) is 130 cm³/mol. The van der Waals surface area contributed by atoms with E-state index in [-0.39, 0.29) is 16.3 Å². The zero-order chi connectivity index (χ0) is 24.1. The van der Waals surface area contributed by atoms with Gasteiger partial charge in [0.25, 0.3) is 15.9 Å². The van der Waals surface area contributed by atoms with Crippen molar-refractivity contribution in [3.63, 3.8) is 0 Å². The number of hydrogen-bond donors (Lipinski definition) is 2. The molecule has 0 aliphatic carbocycles. The van der Waals surface area contributed by atoms with Crippen LogP contribution in [0, 0.1) is 5.82 Å². The number of ether oxygens (including phenoxy) is 1. The molecule has 1 amide bonds. The summed E-state index contributed by atoms with van der Waals surface area (Å²) < 4.78 is 46.5. The van der Waals surface area contributed by atoms with Crippen molar-refractivity contribution in [3.8, 4) is 5.75 Å². The van der Waals surface area contributed by atoms with E-state index in [2.05, 4.69) is 15.0 Å². The van der Waals surface area contributed by atoms with Gasteiger partial charge in [-0.3, -0.25) is 14.8 Å². The number of rotatable bonds is 8. The maximum absolute atomic E-state index is 13.4. The maximum atomic E-state index is 13.4. The first-order valence-electron chi connectivity index (χ1n) is 10.1. The molecule has 0 spiro atoms. The van der Waals surface area contributed by atoms with Gasteiger partial charge in [0.15, 0.2) is 5.13 Å². The normalized spacial score (nSPS) is 11.1. The summed E-state index contributed by atoms with van der Waals surface area (Å²) in [7, 11) is -2.42. The van der Waals surface area contributed by atoms with E-state index in [0.29, 0.717) is 23.0 Å². The molecule has 0 aliphatic heterocycles. The van der Waals surface area contributed by atoms with Crippen molar-refractivity contribution in [1.82, 2.24) is 4.98 Å². The highest BCUT2D eigenvalue weighted by atomic mass is 32.2. The SMILES string of the molecule is COc1ccccc1NS(=O)(=O)c1ccc(C(=O)Nc2ncc(Cc3cccc(F)c3)s2)cc1. The first-order chi connectivity index (χ1) is 16.3. The molecule has 4 aromatic rings. The molecular formula is C24H20FN3O4S2. The van der Waals surface area contributed by atoms with Gasteiger partial charge in [-0.05, 0) is 54.1 Å². The number of hydrogen-bond acceptors (Lipinski definition) is 6. The smallest absolute Gasteiger partial charge is 0.262 e. The van der Waals surface area contributed by atoms with Crippen LogP contribution < -0.4 is 14.8 Å². The molecule has 0 saturated heterocycles. The second kappa shape index (κ2) is 10.0. The van der Waals surface area contributed by atoms with Crippen LogP contribution in [0.2, 0.25) is 0 Å². The zero-order valence-electron chi connectivity index (χ0n) is 18.0. The molecule has 0 bridgehead atoms. The van der Waals surface area contributed by atoms with E-state index in [1.165, 1.54) is 54.8 Å². The van der Waals surface area contributed by atoms with E-state index in [1.807, 2.05) is 6.07 Å². The van der Waals surface area contributed by atoms with Gasteiger partial charge in [-0.1, -0.05) is 24.3 Å². The Bertz CT molecular complexity index is 1420. The van der Waals surface area contributed by atoms with E-state index >= 15 is 0 Å². The van der Waals surface area contributed by atoms with Crippen LogP contribution in [0.15, 0.2) is 83.9 Å². The van der Waals surface area contributed by atoms with Crippen molar-refractivity contribution < 1.29 is 22.3 Å². The monoisotopic (exact) mass is 497 g/mol. The third-order valence-electron chi connectivity index (χ3n) is 4.82. The summed E-state index contributed by atoms with van der Waals surface area (Å²) in [5.41, 5.74) is 1.39. The molecule has 34 heavy (non-hydrogen) atoms. The van der Waals surface area contributed by atoms with Crippen LogP contribution >= 0.6 is 11.3 Å². The Kier molecular flexibility index (Phi) is 6.90. The molecule has 10 heteroatoms. The first kappa shape index (κ1) is 23.4. The van der Waals surface area contributed by atoms with Gasteiger partial charge in [-0.15, -0.1) is 11.3 Å². The summed E-state index contributed by atoms with van der Waals surface area (Å²) in [5, 5.41) is 3.10. The van der Waals surface area contributed by atoms with Crippen LogP contribution in [0.3, 0.4) is 0 Å². The van der Waals surface area contributed by atoms with Crippen LogP contribution in [0.5, 0.6) is 5.75 Å². The van der Waals surface area contributed by atoms with Crippen molar-refractivity contribution >= 4 is 38.1 Å². The molecular weight excluding hydrogens is 477 g/mol. The molecule has 174 valence electrons. The number of halogens is 1. The average molecular weight is 498 g/mol. The molecule has 0 atom stereocenters. The number of anilines is 2. The second-order valence-corrected chi connectivity index (χ2v) is 10.0. The Labute approximate surface area is 200 Å². The van der Waals surface area contributed by atoms with E-state index < -0.39 is 15.9 Å². The number of carbonyl (C=O) groups is 1. The van der Waals surface area contributed by atoms with Crippen LogP contribution in [-0.4, -0.2) is 26.4 Å². The topological polar surface area (TPSA) is 97.4 Å². The van der Waals surface area contributed by atoms with Gasteiger partial charge >= 0.3 is 0 Å². The lowest BCUT2D eigenvalue weighted by Crippen LogP contribution is -2.15. The molecule has 0 unspecified atom stereocenters. The Morgan fingerprint density at radius 2 is 1.82 bits per heavy atom. The minimum absolute atomic E-state index is 0.00147. The Balaban J connectivity index is 1.42. The second-order valence-electron chi connectivity index (χ2n) is 7.22. The van der Waals surface area contributed by atoms with Gasteiger partial charge in [0.05, 0.1) is 17.7 Å². The fourth-order valence-electron chi connectivity index (χ4n) is 3.18. The standard InChI is InChI=1S/C24H20FN3O4S2/c1-32-22-8-3-2-7-21(22)28-34(30,31)20-11-9-17(10-12-20)23(29)27-24-26-15-19(33-24)14-16-5-4-6-18(25)13-16/h2-13,15,28H,14H2,1H3,(H,26,27,29). The molecule has 4 rings (SSSR count). The summed E-state index contributed by atoms with van der Waals surface area (Å²) >= 11 is 1.29. The lowest BCUT2D eigenvalue weighted by atomic mass is 10.1. The number of carbonyl (C=O) groups excluding carboxylic acids is 1. The Hall–Kier alpha value is -3.76. The molecule has 7 nitrogen and oxygen atoms in total.